The van der Waals surface area contributed by atoms with E-state index in [1.54, 1.807) is 0 Å². The average Bonchev–Trinajstić information content (AvgIpc) is 2.44. The number of hydrogen-bond acceptors (Lipinski definition) is 2. The second kappa shape index (κ2) is 7.26. The summed E-state index contributed by atoms with van der Waals surface area (Å²) in [6.45, 7) is 13.3. The molecule has 0 aromatic carbocycles. The molecule has 0 spiro atoms. The van der Waals surface area contributed by atoms with Gasteiger partial charge < -0.3 is 5.32 Å². The molecule has 2 aliphatic rings. The predicted molar refractivity (Wildman–Crippen MR) is 88.1 cm³/mol. The van der Waals surface area contributed by atoms with Gasteiger partial charge in [0.25, 0.3) is 0 Å². The molecule has 1 saturated heterocycles. The highest BCUT2D eigenvalue weighted by Gasteiger charge is 2.37. The van der Waals surface area contributed by atoms with Gasteiger partial charge in [-0.2, -0.15) is 0 Å². The summed E-state index contributed by atoms with van der Waals surface area (Å²) >= 11 is 0. The average molecular weight is 280 g/mol. The largest absolute Gasteiger partial charge is 0.311 e. The molecule has 1 saturated carbocycles. The van der Waals surface area contributed by atoms with Crippen LogP contribution >= 0.6 is 0 Å². The van der Waals surface area contributed by atoms with E-state index in [4.69, 9.17) is 0 Å². The number of unbranched alkanes of at least 4 members (excludes halogenated alkanes) is 1. The van der Waals surface area contributed by atoms with Crippen molar-refractivity contribution in [3.63, 3.8) is 0 Å². The predicted octanol–water partition coefficient (Wildman–Crippen LogP) is 4.06. The lowest BCUT2D eigenvalue weighted by atomic mass is 9.79. The summed E-state index contributed by atoms with van der Waals surface area (Å²) in [5.41, 5.74) is 0.387. The fourth-order valence-electron chi connectivity index (χ4n) is 4.15. The first-order chi connectivity index (χ1) is 9.52. The van der Waals surface area contributed by atoms with Crippen LogP contribution in [0.1, 0.15) is 72.6 Å². The first-order valence-electron chi connectivity index (χ1n) is 8.99. The van der Waals surface area contributed by atoms with Gasteiger partial charge in [0.2, 0.25) is 0 Å². The van der Waals surface area contributed by atoms with Gasteiger partial charge in [-0.25, -0.2) is 0 Å². The van der Waals surface area contributed by atoms with Gasteiger partial charge in [-0.15, -0.1) is 0 Å². The second-order valence-electron chi connectivity index (χ2n) is 8.14. The minimum absolute atomic E-state index is 0.387. The molecular formula is C18H36N2. The molecule has 2 rings (SSSR count). The molecule has 2 heteroatoms. The maximum atomic E-state index is 3.91. The topological polar surface area (TPSA) is 15.3 Å². The number of nitrogens with one attached hydrogen (secondary N) is 1. The Labute approximate surface area is 126 Å². The highest BCUT2D eigenvalue weighted by Crippen LogP contribution is 2.32. The Kier molecular flexibility index (Phi) is 5.92. The fraction of sp³-hybridized carbons (Fsp3) is 1.00. The summed E-state index contributed by atoms with van der Waals surface area (Å²) < 4.78 is 0. The number of nitrogens with zero attached hydrogens (tertiary/aromatic N) is 1. The second-order valence-corrected chi connectivity index (χ2v) is 8.14. The summed E-state index contributed by atoms with van der Waals surface area (Å²) in [7, 11) is 0. The number of hydrogen-bond donors (Lipinski definition) is 1. The van der Waals surface area contributed by atoms with Crippen molar-refractivity contribution in [2.45, 2.75) is 84.7 Å². The van der Waals surface area contributed by atoms with E-state index in [1.165, 1.54) is 64.6 Å². The third-order valence-electron chi connectivity index (χ3n) is 5.46. The molecular weight excluding hydrogens is 244 g/mol. The van der Waals surface area contributed by atoms with Crippen molar-refractivity contribution in [1.82, 2.24) is 10.2 Å². The Morgan fingerprint density at radius 3 is 2.40 bits per heavy atom. The van der Waals surface area contributed by atoms with Crippen molar-refractivity contribution in [2.24, 2.45) is 11.3 Å². The zero-order valence-corrected chi connectivity index (χ0v) is 14.3. The van der Waals surface area contributed by atoms with E-state index in [9.17, 15) is 0 Å². The lowest BCUT2D eigenvalue weighted by Crippen LogP contribution is -2.62. The van der Waals surface area contributed by atoms with E-state index in [-0.39, 0.29) is 0 Å². The molecule has 1 aliphatic carbocycles. The summed E-state index contributed by atoms with van der Waals surface area (Å²) in [5.74, 6) is 0.939. The Bertz CT molecular complexity index is 276. The van der Waals surface area contributed by atoms with Crippen LogP contribution < -0.4 is 5.32 Å². The molecule has 20 heavy (non-hydrogen) atoms. The van der Waals surface area contributed by atoms with Crippen LogP contribution in [0.25, 0.3) is 0 Å². The van der Waals surface area contributed by atoms with Crippen LogP contribution in [-0.2, 0) is 0 Å². The summed E-state index contributed by atoms with van der Waals surface area (Å²) in [5, 5.41) is 3.91. The molecule has 2 atom stereocenters. The van der Waals surface area contributed by atoms with E-state index >= 15 is 0 Å². The lowest BCUT2D eigenvalue weighted by Gasteiger charge is -2.48. The third kappa shape index (κ3) is 4.21. The van der Waals surface area contributed by atoms with Gasteiger partial charge in [-0.3, -0.25) is 4.90 Å². The highest BCUT2D eigenvalue weighted by molar-refractivity contribution is 4.94. The van der Waals surface area contributed by atoms with Crippen molar-refractivity contribution in [1.29, 1.82) is 0 Å². The molecule has 2 fully saturated rings. The Morgan fingerprint density at radius 2 is 1.80 bits per heavy atom. The lowest BCUT2D eigenvalue weighted by molar-refractivity contribution is 0.0367. The SMILES string of the molecule is CCCCN1CC(C2CCCCC2)NCC1C(C)(C)C. The standard InChI is InChI=1S/C18H36N2/c1-5-6-12-20-14-16(15-10-8-7-9-11-15)19-13-17(20)18(2,3)4/h15-17,19H,5-14H2,1-4H3. The van der Waals surface area contributed by atoms with Crippen LogP contribution in [0.3, 0.4) is 0 Å². The maximum Gasteiger partial charge on any atom is 0.0269 e. The van der Waals surface area contributed by atoms with Crippen LogP contribution in [0.15, 0.2) is 0 Å². The van der Waals surface area contributed by atoms with Gasteiger partial charge >= 0.3 is 0 Å². The zero-order valence-electron chi connectivity index (χ0n) is 14.3. The molecule has 0 amide bonds. The van der Waals surface area contributed by atoms with Gasteiger partial charge in [-0.05, 0) is 37.1 Å². The molecule has 2 nitrogen and oxygen atoms in total. The quantitative estimate of drug-likeness (QED) is 0.835. The van der Waals surface area contributed by atoms with Crippen molar-refractivity contribution in [2.75, 3.05) is 19.6 Å². The van der Waals surface area contributed by atoms with Crippen molar-refractivity contribution in [3.05, 3.63) is 0 Å². The normalized spacial score (nSPS) is 30.6. The van der Waals surface area contributed by atoms with Crippen LogP contribution in [0, 0.1) is 11.3 Å². The van der Waals surface area contributed by atoms with Crippen LogP contribution in [0.5, 0.6) is 0 Å². The first-order valence-corrected chi connectivity index (χ1v) is 8.99. The molecule has 0 aromatic rings. The van der Waals surface area contributed by atoms with Crippen LogP contribution in [0.2, 0.25) is 0 Å². The van der Waals surface area contributed by atoms with Crippen molar-refractivity contribution in [3.8, 4) is 0 Å². The molecule has 1 heterocycles. The van der Waals surface area contributed by atoms with E-state index in [0.29, 0.717) is 11.5 Å². The number of piperazine rings is 1. The van der Waals surface area contributed by atoms with E-state index < -0.39 is 0 Å². The van der Waals surface area contributed by atoms with Gasteiger partial charge in [-0.1, -0.05) is 53.4 Å². The van der Waals surface area contributed by atoms with E-state index in [1.807, 2.05) is 0 Å². The Hall–Kier alpha value is -0.0800. The molecule has 0 radical (unpaired) electrons. The van der Waals surface area contributed by atoms with Gasteiger partial charge in [0.1, 0.15) is 0 Å². The third-order valence-corrected chi connectivity index (χ3v) is 5.46. The van der Waals surface area contributed by atoms with Gasteiger partial charge in [0.05, 0.1) is 0 Å². The van der Waals surface area contributed by atoms with Crippen LogP contribution in [-0.4, -0.2) is 36.6 Å². The minimum Gasteiger partial charge on any atom is -0.311 e. The first kappa shape index (κ1) is 16.3. The summed E-state index contributed by atoms with van der Waals surface area (Å²) in [4.78, 5) is 2.80. The van der Waals surface area contributed by atoms with E-state index in [2.05, 4.69) is 37.9 Å². The molecule has 2 unspecified atom stereocenters. The Morgan fingerprint density at radius 1 is 1.10 bits per heavy atom. The number of rotatable bonds is 4. The van der Waals surface area contributed by atoms with Crippen molar-refractivity contribution >= 4 is 0 Å². The molecule has 1 aliphatic heterocycles. The smallest absolute Gasteiger partial charge is 0.0269 e. The molecule has 0 aromatic heterocycles. The maximum absolute atomic E-state index is 3.91. The van der Waals surface area contributed by atoms with Gasteiger partial charge in [0.15, 0.2) is 0 Å². The fourth-order valence-corrected chi connectivity index (χ4v) is 4.15. The van der Waals surface area contributed by atoms with Crippen molar-refractivity contribution < 1.29 is 0 Å². The Balaban J connectivity index is 1.96. The monoisotopic (exact) mass is 280 g/mol. The molecule has 118 valence electrons. The van der Waals surface area contributed by atoms with Crippen LogP contribution in [0.4, 0.5) is 0 Å². The summed E-state index contributed by atoms with van der Waals surface area (Å²) in [6.07, 6.45) is 9.96. The van der Waals surface area contributed by atoms with Gasteiger partial charge in [0, 0.05) is 25.2 Å². The zero-order chi connectivity index (χ0) is 14.6. The highest BCUT2D eigenvalue weighted by atomic mass is 15.2. The minimum atomic E-state index is 0.387. The summed E-state index contributed by atoms with van der Waals surface area (Å²) in [6, 6.07) is 1.46. The molecule has 0 bridgehead atoms. The van der Waals surface area contributed by atoms with E-state index in [0.717, 1.165) is 12.0 Å². The molecule has 1 N–H and O–H groups in total.